The molecule has 2 saturated heterocycles. The number of imide groups is 1. The Labute approximate surface area is 157 Å². The molecule has 27 heavy (non-hydrogen) atoms. The van der Waals surface area contributed by atoms with E-state index in [1.807, 2.05) is 36.4 Å². The second kappa shape index (κ2) is 6.60. The molecule has 1 aliphatic carbocycles. The van der Waals surface area contributed by atoms with Crippen LogP contribution in [0.25, 0.3) is 11.1 Å². The molecule has 0 unspecified atom stereocenters. The van der Waals surface area contributed by atoms with E-state index < -0.39 is 0 Å². The Hall–Kier alpha value is -2.47. The molecule has 3 aliphatic rings. The summed E-state index contributed by atoms with van der Waals surface area (Å²) in [6.07, 6.45) is 7.46. The summed E-state index contributed by atoms with van der Waals surface area (Å²) in [6.45, 7) is 2.04. The first-order valence-electron chi connectivity index (χ1n) is 9.79. The van der Waals surface area contributed by atoms with Crippen LogP contribution in [0.3, 0.4) is 0 Å². The fourth-order valence-electron chi connectivity index (χ4n) is 4.66. The average molecular weight is 365 g/mol. The minimum atomic E-state index is -0.153. The molecule has 0 bridgehead atoms. The fourth-order valence-corrected chi connectivity index (χ4v) is 4.66. The lowest BCUT2D eigenvalue weighted by atomic mass is 9.85. The van der Waals surface area contributed by atoms with Gasteiger partial charge in [-0.25, -0.2) is 4.98 Å². The molecule has 1 aromatic heterocycles. The second-order valence-electron chi connectivity index (χ2n) is 7.84. The third kappa shape index (κ3) is 2.88. The number of piperidine rings is 1. The van der Waals surface area contributed by atoms with Crippen LogP contribution in [0.4, 0.5) is 0 Å². The van der Waals surface area contributed by atoms with Crippen LogP contribution in [-0.4, -0.2) is 46.4 Å². The van der Waals surface area contributed by atoms with Crippen LogP contribution in [0.15, 0.2) is 40.8 Å². The highest BCUT2D eigenvalue weighted by Gasteiger charge is 2.47. The van der Waals surface area contributed by atoms with E-state index in [0.717, 1.165) is 42.9 Å². The van der Waals surface area contributed by atoms with E-state index in [1.54, 1.807) is 0 Å². The predicted molar refractivity (Wildman–Crippen MR) is 99.6 cm³/mol. The summed E-state index contributed by atoms with van der Waals surface area (Å²) >= 11 is 0. The van der Waals surface area contributed by atoms with Gasteiger partial charge in [-0.15, -0.1) is 0 Å². The van der Waals surface area contributed by atoms with Crippen molar-refractivity contribution < 1.29 is 14.0 Å². The second-order valence-corrected chi connectivity index (χ2v) is 7.84. The number of oxazole rings is 1. The number of likely N-dealkylation sites (tertiary alicyclic amines) is 2. The smallest absolute Gasteiger partial charge is 0.234 e. The van der Waals surface area contributed by atoms with E-state index in [9.17, 15) is 9.59 Å². The highest BCUT2D eigenvalue weighted by Crippen LogP contribution is 2.36. The number of carbonyl (C=O) groups is 2. The highest BCUT2D eigenvalue weighted by molar-refractivity contribution is 6.05. The van der Waals surface area contributed by atoms with E-state index in [0.29, 0.717) is 19.5 Å². The zero-order valence-electron chi connectivity index (χ0n) is 15.2. The maximum Gasteiger partial charge on any atom is 0.234 e. The van der Waals surface area contributed by atoms with Crippen molar-refractivity contribution in [3.05, 3.63) is 42.3 Å². The molecule has 5 rings (SSSR count). The number of benzene rings is 1. The topological polar surface area (TPSA) is 66.7 Å². The summed E-state index contributed by atoms with van der Waals surface area (Å²) in [6, 6.07) is 7.80. The number of aromatic nitrogens is 1. The van der Waals surface area contributed by atoms with Gasteiger partial charge in [0.1, 0.15) is 5.52 Å². The van der Waals surface area contributed by atoms with Crippen molar-refractivity contribution in [2.45, 2.75) is 31.6 Å². The molecule has 2 aromatic rings. The molecule has 6 heteroatoms. The number of allylic oxidation sites excluding steroid dienone is 2. The molecule has 1 aromatic carbocycles. The zero-order valence-corrected chi connectivity index (χ0v) is 15.2. The zero-order chi connectivity index (χ0) is 18.4. The summed E-state index contributed by atoms with van der Waals surface area (Å²) in [5, 5.41) is 0. The van der Waals surface area contributed by atoms with E-state index in [1.165, 1.54) is 4.90 Å². The highest BCUT2D eigenvalue weighted by atomic mass is 16.3. The first kappa shape index (κ1) is 16.7. The minimum absolute atomic E-state index is 0.00154. The van der Waals surface area contributed by atoms with E-state index in [4.69, 9.17) is 4.42 Å². The lowest BCUT2D eigenvalue weighted by molar-refractivity contribution is -0.142. The maximum atomic E-state index is 12.7. The van der Waals surface area contributed by atoms with Crippen molar-refractivity contribution in [3.8, 4) is 0 Å². The standard InChI is InChI=1S/C21H23N3O3/c25-20-15-7-1-2-8-16(15)21(26)24(20)13-23-11-5-6-14(12-23)19-22-17-9-3-4-10-18(17)27-19/h1-4,9-10,14-16H,5-8,11-13H2/t14-,15-,16+/m0/s1. The summed E-state index contributed by atoms with van der Waals surface area (Å²) in [5.41, 5.74) is 1.69. The molecular weight excluding hydrogens is 342 g/mol. The van der Waals surface area contributed by atoms with Crippen LogP contribution in [-0.2, 0) is 9.59 Å². The van der Waals surface area contributed by atoms with Crippen LogP contribution in [0.5, 0.6) is 0 Å². The molecule has 0 spiro atoms. The first-order chi connectivity index (χ1) is 13.2. The Morgan fingerprint density at radius 2 is 1.81 bits per heavy atom. The Kier molecular flexibility index (Phi) is 4.08. The minimum Gasteiger partial charge on any atom is -0.440 e. The van der Waals surface area contributed by atoms with Gasteiger partial charge in [0.15, 0.2) is 11.5 Å². The molecule has 2 amide bonds. The molecule has 2 fully saturated rings. The molecular formula is C21H23N3O3. The van der Waals surface area contributed by atoms with Crippen molar-refractivity contribution in [3.63, 3.8) is 0 Å². The quantitative estimate of drug-likeness (QED) is 0.618. The number of hydrogen-bond donors (Lipinski definition) is 0. The van der Waals surface area contributed by atoms with Gasteiger partial charge in [-0.3, -0.25) is 19.4 Å². The number of hydrogen-bond acceptors (Lipinski definition) is 5. The summed E-state index contributed by atoms with van der Waals surface area (Å²) in [4.78, 5) is 33.7. The van der Waals surface area contributed by atoms with Crippen molar-refractivity contribution in [1.29, 1.82) is 0 Å². The molecule has 2 aliphatic heterocycles. The van der Waals surface area contributed by atoms with Crippen LogP contribution < -0.4 is 0 Å². The van der Waals surface area contributed by atoms with E-state index >= 15 is 0 Å². The number of nitrogens with zero attached hydrogens (tertiary/aromatic N) is 3. The van der Waals surface area contributed by atoms with E-state index in [-0.39, 0.29) is 29.6 Å². The van der Waals surface area contributed by atoms with Crippen molar-refractivity contribution in [1.82, 2.24) is 14.8 Å². The Morgan fingerprint density at radius 3 is 2.56 bits per heavy atom. The van der Waals surface area contributed by atoms with Crippen molar-refractivity contribution in [2.75, 3.05) is 19.8 Å². The first-order valence-corrected chi connectivity index (χ1v) is 9.79. The third-order valence-corrected chi connectivity index (χ3v) is 6.11. The van der Waals surface area contributed by atoms with Gasteiger partial charge >= 0.3 is 0 Å². The normalized spacial score (nSPS) is 28.9. The summed E-state index contributed by atoms with van der Waals surface area (Å²) in [5.74, 6) is 0.651. The number of carbonyl (C=O) groups excluding carboxylic acids is 2. The Balaban J connectivity index is 1.30. The van der Waals surface area contributed by atoms with Gasteiger partial charge in [-0.1, -0.05) is 24.3 Å². The van der Waals surface area contributed by atoms with Crippen molar-refractivity contribution in [2.24, 2.45) is 11.8 Å². The lowest BCUT2D eigenvalue weighted by Crippen LogP contribution is -2.45. The van der Waals surface area contributed by atoms with E-state index in [2.05, 4.69) is 9.88 Å². The van der Waals surface area contributed by atoms with Crippen LogP contribution >= 0.6 is 0 Å². The molecule has 140 valence electrons. The van der Waals surface area contributed by atoms with Gasteiger partial charge in [0.2, 0.25) is 11.8 Å². The van der Waals surface area contributed by atoms with Gasteiger partial charge in [0.05, 0.1) is 18.5 Å². The van der Waals surface area contributed by atoms with Crippen LogP contribution in [0.2, 0.25) is 0 Å². The molecule has 0 radical (unpaired) electrons. The summed E-state index contributed by atoms with van der Waals surface area (Å²) in [7, 11) is 0. The SMILES string of the molecule is O=C1[C@H]2CC=CC[C@H]2C(=O)N1CN1CCC[C@H](c2nc3ccccc3o2)C1. The fraction of sp³-hybridized carbons (Fsp3) is 0.476. The maximum absolute atomic E-state index is 12.7. The molecule has 3 atom stereocenters. The molecule has 3 heterocycles. The average Bonchev–Trinajstić information content (AvgIpc) is 3.24. The monoisotopic (exact) mass is 365 g/mol. The van der Waals surface area contributed by atoms with Crippen molar-refractivity contribution >= 4 is 22.9 Å². The van der Waals surface area contributed by atoms with Crippen LogP contribution in [0.1, 0.15) is 37.5 Å². The van der Waals surface area contributed by atoms with Gasteiger partial charge in [-0.2, -0.15) is 0 Å². The lowest BCUT2D eigenvalue weighted by Gasteiger charge is -2.33. The van der Waals surface area contributed by atoms with Crippen LogP contribution in [0, 0.1) is 11.8 Å². The number of para-hydroxylation sites is 2. The number of rotatable bonds is 3. The molecule has 6 nitrogen and oxygen atoms in total. The van der Waals surface area contributed by atoms with Gasteiger partial charge in [-0.05, 0) is 44.4 Å². The van der Waals surface area contributed by atoms with Gasteiger partial charge in [0, 0.05) is 12.5 Å². The third-order valence-electron chi connectivity index (χ3n) is 6.11. The number of fused-ring (bicyclic) bond motifs is 2. The molecule has 0 saturated carbocycles. The Bertz CT molecular complexity index is 859. The summed E-state index contributed by atoms with van der Waals surface area (Å²) < 4.78 is 5.95. The van der Waals surface area contributed by atoms with Gasteiger partial charge < -0.3 is 4.42 Å². The largest absolute Gasteiger partial charge is 0.440 e. The molecule has 0 N–H and O–H groups in total. The van der Waals surface area contributed by atoms with Gasteiger partial charge in [0.25, 0.3) is 0 Å². The predicted octanol–water partition coefficient (Wildman–Crippen LogP) is 2.92. The number of amides is 2. The Morgan fingerprint density at radius 1 is 1.07 bits per heavy atom.